The molecule has 1 unspecified atom stereocenters. The van der Waals surface area contributed by atoms with E-state index in [2.05, 4.69) is 0 Å². The number of halogens is 2. The minimum absolute atomic E-state index is 0.0195. The van der Waals surface area contributed by atoms with E-state index in [1.807, 2.05) is 0 Å². The minimum Gasteiger partial charge on any atom is -0.395 e. The monoisotopic (exact) mass is 242 g/mol. The van der Waals surface area contributed by atoms with Crippen LogP contribution in [0.15, 0.2) is 18.2 Å². The van der Waals surface area contributed by atoms with E-state index in [-0.39, 0.29) is 17.5 Å². The number of anilines is 2. The molecule has 1 heterocycles. The number of nitrogens with zero attached hydrogens (tertiary/aromatic N) is 1. The van der Waals surface area contributed by atoms with Crippen molar-refractivity contribution in [2.45, 2.75) is 6.42 Å². The molecule has 86 valence electrons. The Morgan fingerprint density at radius 1 is 1.56 bits per heavy atom. The van der Waals surface area contributed by atoms with Crippen LogP contribution in [0.4, 0.5) is 15.8 Å². The first-order valence-corrected chi connectivity index (χ1v) is 5.57. The van der Waals surface area contributed by atoms with Gasteiger partial charge in [0.05, 0.1) is 11.4 Å². The number of hydrogen-bond acceptors (Lipinski definition) is 2. The molecule has 0 saturated carbocycles. The Balaban J connectivity index is 2.31. The number of rotatable bonds is 2. The largest absolute Gasteiger partial charge is 0.395 e. The lowest BCUT2D eigenvalue weighted by Crippen LogP contribution is -2.25. The fourth-order valence-electron chi connectivity index (χ4n) is 1.88. The Hall–Kier alpha value is -1.29. The van der Waals surface area contributed by atoms with Gasteiger partial charge in [-0.05, 0) is 18.1 Å². The molecule has 1 aliphatic rings. The number of nitrogen functional groups attached to an aromatic ring is 1. The molecular formula is C11H12ClFN2O. The summed E-state index contributed by atoms with van der Waals surface area (Å²) >= 11 is 5.71. The maximum atomic E-state index is 13.2. The van der Waals surface area contributed by atoms with Gasteiger partial charge in [0.15, 0.2) is 0 Å². The van der Waals surface area contributed by atoms with Crippen molar-refractivity contribution >= 4 is 28.9 Å². The summed E-state index contributed by atoms with van der Waals surface area (Å²) in [7, 11) is 0. The highest BCUT2D eigenvalue weighted by molar-refractivity contribution is 6.18. The lowest BCUT2D eigenvalue weighted by molar-refractivity contribution is -0.117. The molecule has 1 aromatic rings. The van der Waals surface area contributed by atoms with Gasteiger partial charge >= 0.3 is 0 Å². The molecular weight excluding hydrogens is 231 g/mol. The van der Waals surface area contributed by atoms with E-state index in [0.29, 0.717) is 24.5 Å². The van der Waals surface area contributed by atoms with E-state index in [4.69, 9.17) is 17.3 Å². The lowest BCUT2D eigenvalue weighted by atomic mass is 10.1. The average Bonchev–Trinajstić information content (AvgIpc) is 2.64. The zero-order valence-electron chi connectivity index (χ0n) is 8.62. The molecule has 0 bridgehead atoms. The number of para-hydroxylation sites is 1. The highest BCUT2D eigenvalue weighted by Crippen LogP contribution is 2.31. The molecule has 5 heteroatoms. The van der Waals surface area contributed by atoms with Gasteiger partial charge in [0.2, 0.25) is 5.91 Å². The van der Waals surface area contributed by atoms with Crippen LogP contribution in [0.1, 0.15) is 6.42 Å². The van der Waals surface area contributed by atoms with Crippen molar-refractivity contribution in [3.63, 3.8) is 0 Å². The quantitative estimate of drug-likeness (QED) is 0.637. The molecule has 0 radical (unpaired) electrons. The lowest BCUT2D eigenvalue weighted by Gasteiger charge is -2.18. The second kappa shape index (κ2) is 4.29. The summed E-state index contributed by atoms with van der Waals surface area (Å²) in [5, 5.41) is 0. The fourth-order valence-corrected chi connectivity index (χ4v) is 2.09. The zero-order chi connectivity index (χ0) is 11.7. The van der Waals surface area contributed by atoms with Crippen LogP contribution in [-0.4, -0.2) is 18.3 Å². The normalized spacial score (nSPS) is 20.5. The minimum atomic E-state index is -0.500. The van der Waals surface area contributed by atoms with Crippen molar-refractivity contribution in [3.8, 4) is 0 Å². The Kier molecular flexibility index (Phi) is 3.01. The van der Waals surface area contributed by atoms with Gasteiger partial charge in [-0.2, -0.15) is 0 Å². The van der Waals surface area contributed by atoms with E-state index in [0.717, 1.165) is 0 Å². The van der Waals surface area contributed by atoms with Crippen molar-refractivity contribution < 1.29 is 9.18 Å². The molecule has 1 saturated heterocycles. The summed E-state index contributed by atoms with van der Waals surface area (Å²) < 4.78 is 13.2. The number of amides is 1. The van der Waals surface area contributed by atoms with Crippen LogP contribution in [0.2, 0.25) is 0 Å². The number of carbonyl (C=O) groups is 1. The molecule has 2 rings (SSSR count). The van der Waals surface area contributed by atoms with E-state index in [1.165, 1.54) is 11.0 Å². The summed E-state index contributed by atoms with van der Waals surface area (Å²) in [5.41, 5.74) is 6.07. The van der Waals surface area contributed by atoms with Crippen LogP contribution in [0.3, 0.4) is 0 Å². The Labute approximate surface area is 98.0 Å². The fraction of sp³-hybridized carbons (Fsp3) is 0.364. The summed E-state index contributed by atoms with van der Waals surface area (Å²) in [4.78, 5) is 13.2. The molecule has 0 aromatic heterocycles. The van der Waals surface area contributed by atoms with E-state index < -0.39 is 5.82 Å². The summed E-state index contributed by atoms with van der Waals surface area (Å²) in [6.07, 6.45) is 0.402. The maximum Gasteiger partial charge on any atom is 0.227 e. The second-order valence-electron chi connectivity index (χ2n) is 3.90. The number of alkyl halides is 1. The van der Waals surface area contributed by atoms with Gasteiger partial charge < -0.3 is 10.6 Å². The molecule has 2 N–H and O–H groups in total. The average molecular weight is 243 g/mol. The predicted octanol–water partition coefficient (Wildman–Crippen LogP) is 2.00. The van der Waals surface area contributed by atoms with Crippen molar-refractivity contribution in [2.75, 3.05) is 23.1 Å². The van der Waals surface area contributed by atoms with Gasteiger partial charge in [0.25, 0.3) is 0 Å². The second-order valence-corrected chi connectivity index (χ2v) is 4.21. The van der Waals surface area contributed by atoms with Gasteiger partial charge in [0.1, 0.15) is 5.82 Å². The van der Waals surface area contributed by atoms with Gasteiger partial charge in [-0.1, -0.05) is 6.07 Å². The first-order valence-electron chi connectivity index (χ1n) is 5.03. The van der Waals surface area contributed by atoms with Crippen molar-refractivity contribution in [1.29, 1.82) is 0 Å². The number of benzene rings is 1. The standard InChI is InChI=1S/C11H12ClFN2O/c12-5-7-4-10(16)15(6-7)9-3-1-2-8(13)11(9)14/h1-3,7H,4-6,14H2. The third-order valence-corrected chi connectivity index (χ3v) is 3.18. The maximum absolute atomic E-state index is 13.2. The molecule has 1 atom stereocenters. The van der Waals surface area contributed by atoms with Crippen LogP contribution in [0, 0.1) is 11.7 Å². The summed E-state index contributed by atoms with van der Waals surface area (Å²) in [5.74, 6) is -0.00307. The molecule has 1 amide bonds. The van der Waals surface area contributed by atoms with Crippen molar-refractivity contribution in [2.24, 2.45) is 5.92 Å². The first kappa shape index (κ1) is 11.2. The summed E-state index contributed by atoms with van der Waals surface area (Å²) in [6, 6.07) is 4.47. The third-order valence-electron chi connectivity index (χ3n) is 2.74. The first-order chi connectivity index (χ1) is 7.63. The molecule has 0 aliphatic carbocycles. The van der Waals surface area contributed by atoms with Crippen LogP contribution in [0.25, 0.3) is 0 Å². The molecule has 1 aromatic carbocycles. The Bertz CT molecular complexity index is 424. The number of nitrogens with two attached hydrogens (primary N) is 1. The molecule has 16 heavy (non-hydrogen) atoms. The van der Waals surface area contributed by atoms with Gasteiger partial charge in [0, 0.05) is 18.8 Å². The third kappa shape index (κ3) is 1.85. The van der Waals surface area contributed by atoms with Crippen LogP contribution in [-0.2, 0) is 4.79 Å². The van der Waals surface area contributed by atoms with Crippen molar-refractivity contribution in [1.82, 2.24) is 0 Å². The van der Waals surface area contributed by atoms with Gasteiger partial charge in [-0.3, -0.25) is 4.79 Å². The molecule has 1 fully saturated rings. The summed E-state index contributed by atoms with van der Waals surface area (Å²) in [6.45, 7) is 0.510. The van der Waals surface area contributed by atoms with Gasteiger partial charge in [-0.15, -0.1) is 11.6 Å². The highest BCUT2D eigenvalue weighted by Gasteiger charge is 2.31. The molecule has 1 aliphatic heterocycles. The zero-order valence-corrected chi connectivity index (χ0v) is 9.38. The molecule has 3 nitrogen and oxygen atoms in total. The smallest absolute Gasteiger partial charge is 0.227 e. The molecule has 0 spiro atoms. The topological polar surface area (TPSA) is 46.3 Å². The number of hydrogen-bond donors (Lipinski definition) is 1. The Morgan fingerprint density at radius 3 is 2.94 bits per heavy atom. The van der Waals surface area contributed by atoms with E-state index in [1.54, 1.807) is 12.1 Å². The number of carbonyl (C=O) groups excluding carboxylic acids is 1. The van der Waals surface area contributed by atoms with Crippen LogP contribution in [0.5, 0.6) is 0 Å². The van der Waals surface area contributed by atoms with E-state index >= 15 is 0 Å². The SMILES string of the molecule is Nc1c(F)cccc1N1CC(CCl)CC1=O. The van der Waals surface area contributed by atoms with E-state index in [9.17, 15) is 9.18 Å². The van der Waals surface area contributed by atoms with Crippen LogP contribution < -0.4 is 10.6 Å². The van der Waals surface area contributed by atoms with Crippen molar-refractivity contribution in [3.05, 3.63) is 24.0 Å². The predicted molar refractivity (Wildman–Crippen MR) is 62.0 cm³/mol. The highest BCUT2D eigenvalue weighted by atomic mass is 35.5. The van der Waals surface area contributed by atoms with Crippen LogP contribution >= 0.6 is 11.6 Å². The Morgan fingerprint density at radius 2 is 2.31 bits per heavy atom. The van der Waals surface area contributed by atoms with Gasteiger partial charge in [-0.25, -0.2) is 4.39 Å².